The molecule has 0 spiro atoms. The number of hydrogen-bond donors (Lipinski definition) is 2. The molecule has 2 heterocycles. The molecule has 2 aliphatic heterocycles. The summed E-state index contributed by atoms with van der Waals surface area (Å²) < 4.78 is 5.45. The zero-order valence-electron chi connectivity index (χ0n) is 10.9. The number of ether oxygens (including phenoxy) is 1. The summed E-state index contributed by atoms with van der Waals surface area (Å²) in [5, 5.41) is 13.3. The summed E-state index contributed by atoms with van der Waals surface area (Å²) in [6.45, 7) is 8.80. The largest absolute Gasteiger partial charge is 0.389 e. The van der Waals surface area contributed by atoms with Crippen LogP contribution in [0.3, 0.4) is 0 Å². The minimum absolute atomic E-state index is 0.321. The van der Waals surface area contributed by atoms with Crippen LogP contribution < -0.4 is 5.32 Å². The molecule has 4 nitrogen and oxygen atoms in total. The Hall–Kier alpha value is -0.160. The minimum atomic E-state index is -0.321. The van der Waals surface area contributed by atoms with Crippen molar-refractivity contribution in [2.75, 3.05) is 45.9 Å². The molecule has 0 amide bonds. The van der Waals surface area contributed by atoms with E-state index in [1.807, 2.05) is 0 Å². The second-order valence-corrected chi connectivity index (χ2v) is 5.48. The van der Waals surface area contributed by atoms with Gasteiger partial charge in [0.25, 0.3) is 0 Å². The normalized spacial score (nSPS) is 30.7. The van der Waals surface area contributed by atoms with E-state index in [1.54, 1.807) is 0 Å². The van der Waals surface area contributed by atoms with E-state index in [-0.39, 0.29) is 6.10 Å². The highest BCUT2D eigenvalue weighted by Gasteiger charge is 2.36. The van der Waals surface area contributed by atoms with Crippen LogP contribution >= 0.6 is 0 Å². The van der Waals surface area contributed by atoms with Crippen molar-refractivity contribution in [3.63, 3.8) is 0 Å². The molecule has 2 N–H and O–H groups in total. The molecule has 100 valence electrons. The van der Waals surface area contributed by atoms with Gasteiger partial charge in [0, 0.05) is 26.2 Å². The number of likely N-dealkylation sites (tertiary alicyclic amines) is 1. The number of aliphatic hydroxyl groups is 1. The van der Waals surface area contributed by atoms with Crippen molar-refractivity contribution in [2.45, 2.75) is 25.9 Å². The maximum atomic E-state index is 9.89. The van der Waals surface area contributed by atoms with Gasteiger partial charge in [0.2, 0.25) is 0 Å². The molecule has 0 bridgehead atoms. The summed E-state index contributed by atoms with van der Waals surface area (Å²) >= 11 is 0. The average Bonchev–Trinajstić information content (AvgIpc) is 2.84. The van der Waals surface area contributed by atoms with Crippen molar-refractivity contribution in [3.8, 4) is 0 Å². The van der Waals surface area contributed by atoms with E-state index in [0.29, 0.717) is 6.61 Å². The van der Waals surface area contributed by atoms with Gasteiger partial charge < -0.3 is 20.1 Å². The highest BCUT2D eigenvalue weighted by atomic mass is 16.5. The van der Waals surface area contributed by atoms with Crippen LogP contribution in [-0.4, -0.2) is 62.0 Å². The molecule has 2 saturated heterocycles. The van der Waals surface area contributed by atoms with Crippen molar-refractivity contribution in [1.82, 2.24) is 10.2 Å². The van der Waals surface area contributed by atoms with Gasteiger partial charge in [0.05, 0.1) is 12.7 Å². The van der Waals surface area contributed by atoms with Crippen LogP contribution in [0.25, 0.3) is 0 Å². The van der Waals surface area contributed by atoms with Crippen LogP contribution in [0.15, 0.2) is 0 Å². The molecule has 0 radical (unpaired) electrons. The number of nitrogens with zero attached hydrogens (tertiary/aromatic N) is 1. The maximum Gasteiger partial charge on any atom is 0.0900 e. The molecule has 4 heteroatoms. The van der Waals surface area contributed by atoms with Crippen molar-refractivity contribution in [2.24, 2.45) is 11.8 Å². The maximum absolute atomic E-state index is 9.89. The van der Waals surface area contributed by atoms with Crippen molar-refractivity contribution in [1.29, 1.82) is 0 Å². The molecule has 0 aliphatic carbocycles. The molecule has 2 aliphatic rings. The molecular weight excluding hydrogens is 216 g/mol. The molecule has 3 atom stereocenters. The summed E-state index contributed by atoms with van der Waals surface area (Å²) in [6.07, 6.45) is 1.92. The van der Waals surface area contributed by atoms with E-state index < -0.39 is 0 Å². The molecule has 0 aromatic rings. The Balaban J connectivity index is 1.58. The third-order valence-electron chi connectivity index (χ3n) is 3.89. The number of hydrogen-bond acceptors (Lipinski definition) is 4. The monoisotopic (exact) mass is 242 g/mol. The standard InChI is InChI=1S/C13H26N2O2/c1-2-3-4-17-10-13(16)9-15-7-11-5-14-6-12(11)8-15/h11-14,16H,2-10H2,1H3. The van der Waals surface area contributed by atoms with Crippen molar-refractivity contribution < 1.29 is 9.84 Å². The SMILES string of the molecule is CCCCOCC(O)CN1CC2CNCC2C1. The quantitative estimate of drug-likeness (QED) is 0.631. The molecule has 3 unspecified atom stereocenters. The summed E-state index contributed by atoms with van der Waals surface area (Å²) in [6, 6.07) is 0. The zero-order valence-corrected chi connectivity index (χ0v) is 10.9. The first kappa shape index (κ1) is 13.3. The molecular formula is C13H26N2O2. The second kappa shape index (κ2) is 6.69. The average molecular weight is 242 g/mol. The predicted molar refractivity (Wildman–Crippen MR) is 68.0 cm³/mol. The van der Waals surface area contributed by atoms with Crippen LogP contribution in [0.1, 0.15) is 19.8 Å². The fourth-order valence-electron chi connectivity index (χ4n) is 2.92. The lowest BCUT2D eigenvalue weighted by Crippen LogP contribution is -2.35. The molecule has 0 aromatic carbocycles. The van der Waals surface area contributed by atoms with Crippen LogP contribution in [0.4, 0.5) is 0 Å². The van der Waals surface area contributed by atoms with Gasteiger partial charge in [-0.15, -0.1) is 0 Å². The van der Waals surface area contributed by atoms with Gasteiger partial charge in [-0.3, -0.25) is 0 Å². The Morgan fingerprint density at radius 1 is 1.35 bits per heavy atom. The van der Waals surface area contributed by atoms with E-state index in [2.05, 4.69) is 17.1 Å². The summed E-state index contributed by atoms with van der Waals surface area (Å²) in [4.78, 5) is 2.39. The number of aliphatic hydroxyl groups excluding tert-OH is 1. The van der Waals surface area contributed by atoms with Gasteiger partial charge >= 0.3 is 0 Å². The van der Waals surface area contributed by atoms with E-state index in [4.69, 9.17) is 4.74 Å². The fraction of sp³-hybridized carbons (Fsp3) is 1.00. The second-order valence-electron chi connectivity index (χ2n) is 5.48. The van der Waals surface area contributed by atoms with E-state index in [9.17, 15) is 5.11 Å². The Morgan fingerprint density at radius 3 is 2.71 bits per heavy atom. The van der Waals surface area contributed by atoms with Gasteiger partial charge in [0.15, 0.2) is 0 Å². The first-order valence-electron chi connectivity index (χ1n) is 6.98. The van der Waals surface area contributed by atoms with E-state index in [1.165, 1.54) is 0 Å². The Kier molecular flexibility index (Phi) is 5.22. The highest BCUT2D eigenvalue weighted by molar-refractivity contribution is 4.91. The number of rotatable bonds is 7. The van der Waals surface area contributed by atoms with E-state index >= 15 is 0 Å². The topological polar surface area (TPSA) is 44.7 Å². The summed E-state index contributed by atoms with van der Waals surface area (Å²) in [5.74, 6) is 1.62. The van der Waals surface area contributed by atoms with Gasteiger partial charge in [-0.25, -0.2) is 0 Å². The van der Waals surface area contributed by atoms with Crippen molar-refractivity contribution in [3.05, 3.63) is 0 Å². The highest BCUT2D eigenvalue weighted by Crippen LogP contribution is 2.26. The Morgan fingerprint density at radius 2 is 2.06 bits per heavy atom. The van der Waals surface area contributed by atoms with Gasteiger partial charge in [-0.2, -0.15) is 0 Å². The predicted octanol–water partition coefficient (Wildman–Crippen LogP) is 0.315. The third-order valence-corrected chi connectivity index (χ3v) is 3.89. The smallest absolute Gasteiger partial charge is 0.0900 e. The molecule has 2 fully saturated rings. The minimum Gasteiger partial charge on any atom is -0.389 e. The van der Waals surface area contributed by atoms with Gasteiger partial charge in [0.1, 0.15) is 0 Å². The fourth-order valence-corrected chi connectivity index (χ4v) is 2.92. The van der Waals surface area contributed by atoms with Gasteiger partial charge in [-0.05, 0) is 31.3 Å². The Labute approximate surface area is 104 Å². The van der Waals surface area contributed by atoms with Crippen LogP contribution in [0.5, 0.6) is 0 Å². The number of nitrogens with one attached hydrogen (secondary N) is 1. The van der Waals surface area contributed by atoms with Crippen LogP contribution in [0.2, 0.25) is 0 Å². The van der Waals surface area contributed by atoms with Crippen LogP contribution in [0, 0.1) is 11.8 Å². The Bertz CT molecular complexity index is 213. The lowest BCUT2D eigenvalue weighted by Gasteiger charge is -2.20. The van der Waals surface area contributed by atoms with Crippen molar-refractivity contribution >= 4 is 0 Å². The summed E-state index contributed by atoms with van der Waals surface area (Å²) in [5.41, 5.74) is 0. The molecule has 0 aromatic heterocycles. The lowest BCUT2D eigenvalue weighted by atomic mass is 10.0. The zero-order chi connectivity index (χ0) is 12.1. The lowest BCUT2D eigenvalue weighted by molar-refractivity contribution is 0.0185. The molecule has 0 saturated carbocycles. The number of fused-ring (bicyclic) bond motifs is 1. The summed E-state index contributed by atoms with van der Waals surface area (Å²) in [7, 11) is 0. The first-order valence-corrected chi connectivity index (χ1v) is 6.98. The first-order chi connectivity index (χ1) is 8.29. The van der Waals surface area contributed by atoms with Crippen LogP contribution in [-0.2, 0) is 4.74 Å². The number of unbranched alkanes of at least 4 members (excludes halogenated alkanes) is 1. The third kappa shape index (κ3) is 3.91. The van der Waals surface area contributed by atoms with E-state index in [0.717, 1.165) is 64.0 Å². The molecule has 2 rings (SSSR count). The number of β-amino-alcohol motifs (C(OH)–C–C–N with tert-alkyl or cyclic N) is 1. The molecule has 17 heavy (non-hydrogen) atoms. The van der Waals surface area contributed by atoms with Gasteiger partial charge in [-0.1, -0.05) is 13.3 Å².